The van der Waals surface area contributed by atoms with E-state index in [1.807, 2.05) is 11.4 Å². The van der Waals surface area contributed by atoms with Gasteiger partial charge in [-0.1, -0.05) is 5.21 Å². The van der Waals surface area contributed by atoms with E-state index >= 15 is 0 Å². The highest BCUT2D eigenvalue weighted by Crippen LogP contribution is 2.25. The van der Waals surface area contributed by atoms with Gasteiger partial charge in [-0.3, -0.25) is 0 Å². The summed E-state index contributed by atoms with van der Waals surface area (Å²) in [5, 5.41) is 19.0. The minimum atomic E-state index is -1.11. The third-order valence-electron chi connectivity index (χ3n) is 2.92. The summed E-state index contributed by atoms with van der Waals surface area (Å²) < 4.78 is 4.31. The molecule has 0 radical (unpaired) electrons. The molecule has 3 heterocycles. The van der Waals surface area contributed by atoms with Crippen molar-refractivity contribution in [3.63, 3.8) is 0 Å². The number of nitrogens with zero attached hydrogens (tertiary/aromatic N) is 5. The van der Waals surface area contributed by atoms with Crippen LogP contribution in [0.4, 0.5) is 0 Å². The Bertz CT molecular complexity index is 806. The maximum atomic E-state index is 11.3. The van der Waals surface area contributed by atoms with E-state index < -0.39 is 5.97 Å². The first kappa shape index (κ1) is 14.0. The van der Waals surface area contributed by atoms with E-state index in [4.69, 9.17) is 0 Å². The molecule has 0 unspecified atom stereocenters. The van der Waals surface area contributed by atoms with Crippen molar-refractivity contribution >= 4 is 33.2 Å². The molecule has 0 aliphatic heterocycles. The molecule has 108 valence electrons. The van der Waals surface area contributed by atoms with Crippen LogP contribution in [0.2, 0.25) is 0 Å². The van der Waals surface area contributed by atoms with Crippen molar-refractivity contribution in [3.05, 3.63) is 39.0 Å². The fourth-order valence-corrected chi connectivity index (χ4v) is 3.42. The van der Waals surface area contributed by atoms with E-state index in [-0.39, 0.29) is 5.69 Å². The van der Waals surface area contributed by atoms with Crippen molar-refractivity contribution in [1.29, 1.82) is 0 Å². The van der Waals surface area contributed by atoms with Crippen molar-refractivity contribution in [1.82, 2.24) is 24.5 Å². The number of carbonyl (C=O) groups is 1. The van der Waals surface area contributed by atoms with Crippen LogP contribution < -0.4 is 0 Å². The average Bonchev–Trinajstić information content (AvgIpc) is 3.11. The number of carboxylic acids is 1. The van der Waals surface area contributed by atoms with E-state index in [1.165, 1.54) is 0 Å². The fraction of sp³-hybridized carbons (Fsp3) is 0.167. The highest BCUT2D eigenvalue weighted by Gasteiger charge is 2.23. The third kappa shape index (κ3) is 2.61. The molecule has 0 aromatic carbocycles. The second-order valence-corrected chi connectivity index (χ2v) is 6.28. The van der Waals surface area contributed by atoms with E-state index in [9.17, 15) is 9.90 Å². The Labute approximate surface area is 132 Å². The van der Waals surface area contributed by atoms with E-state index in [1.54, 1.807) is 40.2 Å². The molecule has 0 atom stereocenters. The van der Waals surface area contributed by atoms with E-state index in [0.717, 1.165) is 9.35 Å². The van der Waals surface area contributed by atoms with Gasteiger partial charge in [-0.05, 0) is 22.0 Å². The summed E-state index contributed by atoms with van der Waals surface area (Å²) in [6.07, 6.45) is 3.21. The number of thiophene rings is 1. The van der Waals surface area contributed by atoms with Gasteiger partial charge in [0.25, 0.3) is 0 Å². The zero-order chi connectivity index (χ0) is 15.0. The van der Waals surface area contributed by atoms with Gasteiger partial charge in [0.15, 0.2) is 5.69 Å². The number of hydrogen-bond acceptors (Lipinski definition) is 5. The Morgan fingerprint density at radius 3 is 2.90 bits per heavy atom. The zero-order valence-corrected chi connectivity index (χ0v) is 13.3. The molecule has 0 aliphatic carbocycles. The second kappa shape index (κ2) is 5.41. The molecule has 21 heavy (non-hydrogen) atoms. The predicted octanol–water partition coefficient (Wildman–Crippen LogP) is 2.25. The number of aromatic carboxylic acids is 1. The molecule has 7 nitrogen and oxygen atoms in total. The molecule has 0 saturated heterocycles. The predicted molar refractivity (Wildman–Crippen MR) is 80.3 cm³/mol. The molecule has 3 aromatic rings. The number of carboxylic acid groups (broad SMARTS) is 1. The van der Waals surface area contributed by atoms with Crippen LogP contribution in [-0.2, 0) is 13.6 Å². The van der Waals surface area contributed by atoms with Crippen LogP contribution in [0, 0.1) is 0 Å². The lowest BCUT2D eigenvalue weighted by atomic mass is 10.2. The quantitative estimate of drug-likeness (QED) is 0.764. The number of imidazole rings is 1. The van der Waals surface area contributed by atoms with Crippen molar-refractivity contribution < 1.29 is 9.90 Å². The smallest absolute Gasteiger partial charge is 0.358 e. The van der Waals surface area contributed by atoms with Crippen LogP contribution in [0.15, 0.2) is 28.4 Å². The summed E-state index contributed by atoms with van der Waals surface area (Å²) in [7, 11) is 1.80. The summed E-state index contributed by atoms with van der Waals surface area (Å²) in [6, 6.07) is 1.97. The van der Waals surface area contributed by atoms with Crippen LogP contribution in [0.25, 0.3) is 11.4 Å². The van der Waals surface area contributed by atoms with Crippen LogP contribution in [-0.4, -0.2) is 35.6 Å². The molecular weight excluding hydrogens is 358 g/mol. The van der Waals surface area contributed by atoms with Gasteiger partial charge in [0.05, 0.1) is 24.8 Å². The van der Waals surface area contributed by atoms with E-state index in [2.05, 4.69) is 31.2 Å². The minimum Gasteiger partial charge on any atom is -0.476 e. The normalized spacial score (nSPS) is 11.0. The van der Waals surface area contributed by atoms with Crippen molar-refractivity contribution in [2.45, 2.75) is 6.54 Å². The van der Waals surface area contributed by atoms with Crippen molar-refractivity contribution in [2.75, 3.05) is 0 Å². The molecule has 0 amide bonds. The van der Waals surface area contributed by atoms with Crippen LogP contribution in [0.3, 0.4) is 0 Å². The first-order valence-electron chi connectivity index (χ1n) is 5.92. The van der Waals surface area contributed by atoms with E-state index in [0.29, 0.717) is 17.9 Å². The van der Waals surface area contributed by atoms with Gasteiger partial charge >= 0.3 is 5.97 Å². The molecule has 9 heteroatoms. The van der Waals surface area contributed by atoms with Gasteiger partial charge < -0.3 is 9.67 Å². The Morgan fingerprint density at radius 1 is 1.52 bits per heavy atom. The van der Waals surface area contributed by atoms with Gasteiger partial charge in [0, 0.05) is 21.8 Å². The summed E-state index contributed by atoms with van der Waals surface area (Å²) in [5.41, 5.74) is 1.04. The molecule has 0 saturated carbocycles. The van der Waals surface area contributed by atoms with Gasteiger partial charge in [0.1, 0.15) is 5.69 Å². The Balaban J connectivity index is 2.09. The molecule has 0 spiro atoms. The zero-order valence-electron chi connectivity index (χ0n) is 10.9. The lowest BCUT2D eigenvalue weighted by molar-refractivity contribution is 0.0691. The Kier molecular flexibility index (Phi) is 3.60. The number of aryl methyl sites for hydroxylation is 1. The molecule has 3 rings (SSSR count). The molecule has 0 bridgehead atoms. The summed E-state index contributed by atoms with van der Waals surface area (Å²) in [5.74, 6) is -1.11. The maximum Gasteiger partial charge on any atom is 0.358 e. The van der Waals surface area contributed by atoms with Crippen LogP contribution >= 0.6 is 27.3 Å². The number of aromatic nitrogens is 5. The van der Waals surface area contributed by atoms with Gasteiger partial charge in [-0.2, -0.15) is 0 Å². The largest absolute Gasteiger partial charge is 0.476 e. The molecule has 0 fully saturated rings. The van der Waals surface area contributed by atoms with Gasteiger partial charge in [-0.15, -0.1) is 16.4 Å². The number of hydrogen-bond donors (Lipinski definition) is 1. The SMILES string of the molecule is Cn1cncc1-c1c(C(=O)O)nnn1Cc1cc(Br)cs1. The first-order valence-corrected chi connectivity index (χ1v) is 7.60. The minimum absolute atomic E-state index is 0.0748. The number of halogens is 1. The number of rotatable bonds is 4. The summed E-state index contributed by atoms with van der Waals surface area (Å²) >= 11 is 4.97. The van der Waals surface area contributed by atoms with Gasteiger partial charge in [0.2, 0.25) is 0 Å². The molecule has 3 aromatic heterocycles. The van der Waals surface area contributed by atoms with Crippen molar-refractivity contribution in [2.24, 2.45) is 7.05 Å². The Morgan fingerprint density at radius 2 is 2.33 bits per heavy atom. The highest BCUT2D eigenvalue weighted by molar-refractivity contribution is 9.10. The summed E-state index contributed by atoms with van der Waals surface area (Å²) in [4.78, 5) is 16.4. The molecule has 1 N–H and O–H groups in total. The monoisotopic (exact) mass is 367 g/mol. The van der Waals surface area contributed by atoms with Crippen LogP contribution in [0.1, 0.15) is 15.4 Å². The third-order valence-corrected chi connectivity index (χ3v) is 4.61. The highest BCUT2D eigenvalue weighted by atomic mass is 79.9. The van der Waals surface area contributed by atoms with Crippen molar-refractivity contribution in [3.8, 4) is 11.4 Å². The van der Waals surface area contributed by atoms with Gasteiger partial charge in [-0.25, -0.2) is 14.5 Å². The lowest BCUT2D eigenvalue weighted by Gasteiger charge is -2.06. The molecular formula is C12H10BrN5O2S. The topological polar surface area (TPSA) is 85.8 Å². The molecule has 0 aliphatic rings. The fourth-order valence-electron chi connectivity index (χ4n) is 1.99. The standard InChI is InChI=1S/C12H10BrN5O2S/c1-17-6-14-3-9(17)11-10(12(19)20)15-16-18(11)4-8-2-7(13)5-21-8/h2-3,5-6H,4H2,1H3,(H,19,20). The lowest BCUT2D eigenvalue weighted by Crippen LogP contribution is -2.07. The average molecular weight is 368 g/mol. The second-order valence-electron chi connectivity index (χ2n) is 4.37. The summed E-state index contributed by atoms with van der Waals surface area (Å²) in [6.45, 7) is 0.455. The maximum absolute atomic E-state index is 11.3. The first-order chi connectivity index (χ1) is 10.1. The Hall–Kier alpha value is -2.00. The van der Waals surface area contributed by atoms with Crippen LogP contribution in [0.5, 0.6) is 0 Å².